The largest absolute Gasteiger partial charge is 0.436 e. The number of nitrogens with one attached hydrogen (secondary N) is 1. The lowest BCUT2D eigenvalue weighted by molar-refractivity contribution is 0.0903. The Kier molecular flexibility index (Phi) is 3.82. The second-order valence-electron chi connectivity index (χ2n) is 4.81. The van der Waals surface area contributed by atoms with Crippen LogP contribution in [0.1, 0.15) is 60.7 Å². The predicted molar refractivity (Wildman–Crippen MR) is 64.9 cm³/mol. The van der Waals surface area contributed by atoms with Crippen LogP contribution in [0, 0.1) is 13.8 Å². The minimum atomic E-state index is -0.116. The average molecular weight is 236 g/mol. The quantitative estimate of drug-likeness (QED) is 0.803. The smallest absolute Gasteiger partial charge is 0.289 e. The molecule has 4 heteroatoms. The molecule has 1 fully saturated rings. The molecule has 2 rings (SSSR count). The minimum Gasteiger partial charge on any atom is -0.436 e. The van der Waals surface area contributed by atoms with Crippen LogP contribution in [0.5, 0.6) is 0 Å². The van der Waals surface area contributed by atoms with Crippen molar-refractivity contribution in [3.8, 4) is 0 Å². The van der Waals surface area contributed by atoms with Gasteiger partial charge in [-0.05, 0) is 19.8 Å². The van der Waals surface area contributed by atoms with Gasteiger partial charge in [-0.25, -0.2) is 4.98 Å². The molecule has 1 N–H and O–H groups in total. The van der Waals surface area contributed by atoms with Crippen LogP contribution in [0.2, 0.25) is 0 Å². The maximum atomic E-state index is 12.0. The molecule has 1 heterocycles. The van der Waals surface area contributed by atoms with E-state index in [1.165, 1.54) is 25.7 Å². The van der Waals surface area contributed by atoms with Crippen molar-refractivity contribution in [2.24, 2.45) is 0 Å². The zero-order valence-electron chi connectivity index (χ0n) is 10.6. The SMILES string of the molecule is Cc1nc(C)c(C(=O)NC2CCCCCC2)o1. The number of oxazole rings is 1. The number of aryl methyl sites for hydroxylation is 2. The van der Waals surface area contributed by atoms with E-state index in [9.17, 15) is 4.79 Å². The molecule has 1 aliphatic carbocycles. The third-order valence-electron chi connectivity index (χ3n) is 3.30. The summed E-state index contributed by atoms with van der Waals surface area (Å²) in [6.07, 6.45) is 7.15. The van der Waals surface area contributed by atoms with Gasteiger partial charge in [-0.2, -0.15) is 0 Å². The van der Waals surface area contributed by atoms with Gasteiger partial charge in [-0.1, -0.05) is 25.7 Å². The molecular weight excluding hydrogens is 216 g/mol. The summed E-state index contributed by atoms with van der Waals surface area (Å²) in [5.41, 5.74) is 0.675. The Morgan fingerprint density at radius 1 is 1.24 bits per heavy atom. The summed E-state index contributed by atoms with van der Waals surface area (Å²) in [6.45, 7) is 3.56. The normalized spacial score (nSPS) is 17.8. The summed E-state index contributed by atoms with van der Waals surface area (Å²) in [4.78, 5) is 16.1. The van der Waals surface area contributed by atoms with E-state index in [0.29, 0.717) is 23.4 Å². The molecule has 0 spiro atoms. The zero-order chi connectivity index (χ0) is 12.3. The third-order valence-corrected chi connectivity index (χ3v) is 3.30. The van der Waals surface area contributed by atoms with Gasteiger partial charge in [0.25, 0.3) is 5.91 Å². The highest BCUT2D eigenvalue weighted by molar-refractivity contribution is 5.92. The Bertz CT molecular complexity index is 390. The minimum absolute atomic E-state index is 0.116. The highest BCUT2D eigenvalue weighted by atomic mass is 16.4. The molecule has 1 aromatic rings. The van der Waals surface area contributed by atoms with E-state index in [2.05, 4.69) is 10.3 Å². The maximum Gasteiger partial charge on any atom is 0.289 e. The van der Waals surface area contributed by atoms with Gasteiger partial charge >= 0.3 is 0 Å². The topological polar surface area (TPSA) is 55.1 Å². The second kappa shape index (κ2) is 5.34. The van der Waals surface area contributed by atoms with Crippen molar-refractivity contribution in [3.63, 3.8) is 0 Å². The summed E-state index contributed by atoms with van der Waals surface area (Å²) in [5, 5.41) is 3.06. The van der Waals surface area contributed by atoms with Crippen molar-refractivity contribution in [3.05, 3.63) is 17.3 Å². The molecule has 0 atom stereocenters. The molecular formula is C13H20N2O2. The Labute approximate surface area is 102 Å². The first-order chi connectivity index (χ1) is 8.16. The van der Waals surface area contributed by atoms with Crippen LogP contribution in [0.15, 0.2) is 4.42 Å². The number of rotatable bonds is 2. The summed E-state index contributed by atoms with van der Waals surface area (Å²) in [6, 6.07) is 0.301. The van der Waals surface area contributed by atoms with Crippen molar-refractivity contribution in [2.45, 2.75) is 58.4 Å². The molecule has 0 aliphatic heterocycles. The van der Waals surface area contributed by atoms with E-state index in [0.717, 1.165) is 12.8 Å². The standard InChI is InChI=1S/C13H20N2O2/c1-9-12(17-10(2)14-9)13(16)15-11-7-5-3-4-6-8-11/h11H,3-8H2,1-2H3,(H,15,16). The molecule has 94 valence electrons. The van der Waals surface area contributed by atoms with Crippen molar-refractivity contribution < 1.29 is 9.21 Å². The third kappa shape index (κ3) is 3.08. The Morgan fingerprint density at radius 3 is 2.41 bits per heavy atom. The fourth-order valence-corrected chi connectivity index (χ4v) is 2.42. The summed E-state index contributed by atoms with van der Waals surface area (Å²) in [7, 11) is 0. The number of hydrogen-bond donors (Lipinski definition) is 1. The Balaban J connectivity index is 1.98. The molecule has 4 nitrogen and oxygen atoms in total. The molecule has 1 aromatic heterocycles. The Hall–Kier alpha value is -1.32. The van der Waals surface area contributed by atoms with Gasteiger partial charge in [0.1, 0.15) is 0 Å². The van der Waals surface area contributed by atoms with E-state index in [-0.39, 0.29) is 5.91 Å². The molecule has 1 aliphatic rings. The first kappa shape index (κ1) is 12.1. The lowest BCUT2D eigenvalue weighted by atomic mass is 10.1. The fourth-order valence-electron chi connectivity index (χ4n) is 2.42. The Morgan fingerprint density at radius 2 is 1.88 bits per heavy atom. The first-order valence-electron chi connectivity index (χ1n) is 6.41. The second-order valence-corrected chi connectivity index (χ2v) is 4.81. The average Bonchev–Trinajstić information content (AvgIpc) is 2.51. The number of amides is 1. The van der Waals surface area contributed by atoms with Gasteiger partial charge in [0.2, 0.25) is 5.76 Å². The van der Waals surface area contributed by atoms with E-state index < -0.39 is 0 Å². The fraction of sp³-hybridized carbons (Fsp3) is 0.692. The van der Waals surface area contributed by atoms with Crippen LogP contribution in [0.4, 0.5) is 0 Å². The summed E-state index contributed by atoms with van der Waals surface area (Å²) >= 11 is 0. The lowest BCUT2D eigenvalue weighted by Gasteiger charge is -2.15. The van der Waals surface area contributed by atoms with Gasteiger partial charge in [0.15, 0.2) is 5.89 Å². The lowest BCUT2D eigenvalue weighted by Crippen LogP contribution is -2.34. The summed E-state index contributed by atoms with van der Waals surface area (Å²) in [5.74, 6) is 0.801. The number of carbonyl (C=O) groups is 1. The van der Waals surface area contributed by atoms with Crippen LogP contribution in [-0.4, -0.2) is 16.9 Å². The van der Waals surface area contributed by atoms with Crippen LogP contribution in [-0.2, 0) is 0 Å². The number of nitrogens with zero attached hydrogens (tertiary/aromatic N) is 1. The molecule has 1 amide bonds. The van der Waals surface area contributed by atoms with Crippen LogP contribution < -0.4 is 5.32 Å². The number of hydrogen-bond acceptors (Lipinski definition) is 3. The number of aromatic nitrogens is 1. The number of carbonyl (C=O) groups excluding carboxylic acids is 1. The monoisotopic (exact) mass is 236 g/mol. The molecule has 1 saturated carbocycles. The predicted octanol–water partition coefficient (Wildman–Crippen LogP) is 2.74. The maximum absolute atomic E-state index is 12.0. The van der Waals surface area contributed by atoms with Gasteiger partial charge < -0.3 is 9.73 Å². The molecule has 0 saturated heterocycles. The van der Waals surface area contributed by atoms with Crippen LogP contribution in [0.3, 0.4) is 0 Å². The van der Waals surface area contributed by atoms with E-state index in [1.807, 2.05) is 0 Å². The van der Waals surface area contributed by atoms with Crippen molar-refractivity contribution in [1.29, 1.82) is 0 Å². The highest BCUT2D eigenvalue weighted by Crippen LogP contribution is 2.18. The van der Waals surface area contributed by atoms with Crippen LogP contribution in [0.25, 0.3) is 0 Å². The molecule has 0 radical (unpaired) electrons. The van der Waals surface area contributed by atoms with Gasteiger partial charge in [-0.15, -0.1) is 0 Å². The highest BCUT2D eigenvalue weighted by Gasteiger charge is 2.20. The van der Waals surface area contributed by atoms with E-state index >= 15 is 0 Å². The van der Waals surface area contributed by atoms with E-state index in [4.69, 9.17) is 4.42 Å². The van der Waals surface area contributed by atoms with E-state index in [1.54, 1.807) is 13.8 Å². The zero-order valence-corrected chi connectivity index (χ0v) is 10.6. The molecule has 17 heavy (non-hydrogen) atoms. The first-order valence-corrected chi connectivity index (χ1v) is 6.41. The molecule has 0 unspecified atom stereocenters. The van der Waals surface area contributed by atoms with Crippen molar-refractivity contribution in [1.82, 2.24) is 10.3 Å². The molecule has 0 bridgehead atoms. The van der Waals surface area contributed by atoms with Gasteiger partial charge in [0, 0.05) is 13.0 Å². The van der Waals surface area contributed by atoms with Gasteiger partial charge in [-0.3, -0.25) is 4.79 Å². The van der Waals surface area contributed by atoms with Crippen molar-refractivity contribution >= 4 is 5.91 Å². The van der Waals surface area contributed by atoms with Crippen molar-refractivity contribution in [2.75, 3.05) is 0 Å². The summed E-state index contributed by atoms with van der Waals surface area (Å²) < 4.78 is 5.33. The van der Waals surface area contributed by atoms with Crippen LogP contribution >= 0.6 is 0 Å². The van der Waals surface area contributed by atoms with Gasteiger partial charge in [0.05, 0.1) is 5.69 Å². The molecule has 0 aromatic carbocycles.